The molecule has 0 aromatic heterocycles. The van der Waals surface area contributed by atoms with Crippen molar-refractivity contribution in [3.8, 4) is 0 Å². The van der Waals surface area contributed by atoms with Gasteiger partial charge in [0.1, 0.15) is 6.10 Å². The van der Waals surface area contributed by atoms with Crippen molar-refractivity contribution in [1.29, 1.82) is 0 Å². The summed E-state index contributed by atoms with van der Waals surface area (Å²) in [6, 6.07) is 20.3. The molecule has 0 radical (unpaired) electrons. The summed E-state index contributed by atoms with van der Waals surface area (Å²) < 4.78 is 5.81. The van der Waals surface area contributed by atoms with Crippen molar-refractivity contribution in [2.75, 3.05) is 19.7 Å². The fourth-order valence-corrected chi connectivity index (χ4v) is 2.80. The number of hydrogen-bond donors (Lipinski definition) is 0. The Hall–Kier alpha value is -2.13. The number of hydrogen-bond acceptors (Lipinski definition) is 2. The van der Waals surface area contributed by atoms with Crippen molar-refractivity contribution in [2.24, 2.45) is 0 Å². The van der Waals surface area contributed by atoms with Gasteiger partial charge in [-0.25, -0.2) is 0 Å². The highest BCUT2D eigenvalue weighted by molar-refractivity contribution is 5.76. The van der Waals surface area contributed by atoms with Crippen LogP contribution in [0.2, 0.25) is 0 Å². The first-order chi connectivity index (χ1) is 10.8. The molecule has 114 valence electrons. The molecule has 1 aliphatic rings. The summed E-state index contributed by atoms with van der Waals surface area (Å²) in [5, 5.41) is 0. The van der Waals surface area contributed by atoms with Crippen LogP contribution in [0.25, 0.3) is 0 Å². The molecule has 2 aromatic carbocycles. The summed E-state index contributed by atoms with van der Waals surface area (Å²) in [6.45, 7) is 1.95. The molecule has 1 heterocycles. The molecule has 0 spiro atoms. The Morgan fingerprint density at radius 1 is 1.05 bits per heavy atom. The van der Waals surface area contributed by atoms with Gasteiger partial charge in [-0.1, -0.05) is 60.7 Å². The summed E-state index contributed by atoms with van der Waals surface area (Å²) in [5.41, 5.74) is 2.35. The van der Waals surface area contributed by atoms with Gasteiger partial charge in [0.15, 0.2) is 0 Å². The van der Waals surface area contributed by atoms with Gasteiger partial charge in [0.25, 0.3) is 0 Å². The van der Waals surface area contributed by atoms with E-state index in [1.54, 1.807) is 0 Å². The van der Waals surface area contributed by atoms with Crippen LogP contribution in [0.15, 0.2) is 60.7 Å². The molecule has 0 saturated carbocycles. The summed E-state index contributed by atoms with van der Waals surface area (Å²) in [7, 11) is 0. The number of nitrogens with zero attached hydrogens (tertiary/aromatic N) is 1. The smallest absolute Gasteiger partial charge is 0.223 e. The van der Waals surface area contributed by atoms with E-state index in [9.17, 15) is 4.79 Å². The Bertz CT molecular complexity index is 597. The minimum atomic E-state index is -0.00405. The third-order valence-corrected chi connectivity index (χ3v) is 4.06. The van der Waals surface area contributed by atoms with E-state index in [4.69, 9.17) is 4.74 Å². The molecule has 1 amide bonds. The lowest BCUT2D eigenvalue weighted by Gasteiger charge is -2.33. The van der Waals surface area contributed by atoms with Crippen molar-refractivity contribution in [3.63, 3.8) is 0 Å². The van der Waals surface area contributed by atoms with Crippen LogP contribution in [-0.4, -0.2) is 30.5 Å². The van der Waals surface area contributed by atoms with Crippen LogP contribution < -0.4 is 0 Å². The summed E-state index contributed by atoms with van der Waals surface area (Å²) in [4.78, 5) is 14.4. The number of ether oxygens (including phenoxy) is 1. The zero-order chi connectivity index (χ0) is 15.2. The Morgan fingerprint density at radius 2 is 1.73 bits per heavy atom. The zero-order valence-corrected chi connectivity index (χ0v) is 12.7. The predicted octanol–water partition coefficient (Wildman–Crippen LogP) is 3.22. The number of rotatable bonds is 4. The molecular formula is C19H21NO2. The van der Waals surface area contributed by atoms with Gasteiger partial charge < -0.3 is 9.64 Å². The van der Waals surface area contributed by atoms with Gasteiger partial charge >= 0.3 is 0 Å². The normalized spacial score (nSPS) is 18.2. The summed E-state index contributed by atoms with van der Waals surface area (Å²) >= 11 is 0. The third kappa shape index (κ3) is 3.74. The van der Waals surface area contributed by atoms with Gasteiger partial charge in [-0.2, -0.15) is 0 Å². The van der Waals surface area contributed by atoms with Crippen molar-refractivity contribution >= 4 is 5.91 Å². The fourth-order valence-electron chi connectivity index (χ4n) is 2.80. The van der Waals surface area contributed by atoms with Gasteiger partial charge in [-0.3, -0.25) is 4.79 Å². The maximum atomic E-state index is 12.4. The van der Waals surface area contributed by atoms with E-state index in [1.165, 1.54) is 5.56 Å². The number of aryl methyl sites for hydroxylation is 1. The Balaban J connectivity index is 1.56. The van der Waals surface area contributed by atoms with E-state index in [1.807, 2.05) is 41.3 Å². The highest BCUT2D eigenvalue weighted by atomic mass is 16.5. The molecule has 1 fully saturated rings. The van der Waals surface area contributed by atoms with E-state index >= 15 is 0 Å². The maximum Gasteiger partial charge on any atom is 0.223 e. The minimum absolute atomic E-state index is 0.00405. The van der Waals surface area contributed by atoms with Crippen LogP contribution >= 0.6 is 0 Å². The largest absolute Gasteiger partial charge is 0.370 e. The van der Waals surface area contributed by atoms with Crippen molar-refractivity contribution in [2.45, 2.75) is 18.9 Å². The Kier molecular flexibility index (Phi) is 4.86. The Morgan fingerprint density at radius 3 is 2.45 bits per heavy atom. The molecule has 2 aromatic rings. The number of carbonyl (C=O) groups is 1. The molecule has 0 N–H and O–H groups in total. The van der Waals surface area contributed by atoms with Crippen LogP contribution in [0.1, 0.15) is 23.7 Å². The number of morpholine rings is 1. The van der Waals surface area contributed by atoms with Crippen LogP contribution in [0.5, 0.6) is 0 Å². The third-order valence-electron chi connectivity index (χ3n) is 4.06. The van der Waals surface area contributed by atoms with Gasteiger partial charge in [-0.05, 0) is 17.5 Å². The lowest BCUT2D eigenvalue weighted by atomic mass is 10.1. The average molecular weight is 295 g/mol. The summed E-state index contributed by atoms with van der Waals surface area (Å²) in [5.74, 6) is 0.216. The fraction of sp³-hybridized carbons (Fsp3) is 0.316. The molecule has 3 heteroatoms. The summed E-state index contributed by atoms with van der Waals surface area (Å²) in [6.07, 6.45) is 1.36. The standard InChI is InChI=1S/C19H21NO2/c21-19(12-11-16-7-3-1-4-8-16)20-13-14-22-18(15-20)17-9-5-2-6-10-17/h1-10,18H,11-15H2. The molecular weight excluding hydrogens is 274 g/mol. The molecule has 3 rings (SSSR count). The average Bonchev–Trinajstić information content (AvgIpc) is 2.61. The lowest BCUT2D eigenvalue weighted by Crippen LogP contribution is -2.42. The van der Waals surface area contributed by atoms with Crippen molar-refractivity contribution in [1.82, 2.24) is 4.90 Å². The number of amides is 1. The SMILES string of the molecule is O=C(CCc1ccccc1)N1CCOC(c2ccccc2)C1. The van der Waals surface area contributed by atoms with Crippen LogP contribution in [-0.2, 0) is 16.0 Å². The highest BCUT2D eigenvalue weighted by Gasteiger charge is 2.24. The molecule has 0 bridgehead atoms. The van der Waals surface area contributed by atoms with Gasteiger partial charge in [0, 0.05) is 13.0 Å². The van der Waals surface area contributed by atoms with Gasteiger partial charge in [0.2, 0.25) is 5.91 Å². The lowest BCUT2D eigenvalue weighted by molar-refractivity contribution is -0.139. The number of carbonyl (C=O) groups excluding carboxylic acids is 1. The molecule has 1 saturated heterocycles. The van der Waals surface area contributed by atoms with E-state index in [-0.39, 0.29) is 12.0 Å². The van der Waals surface area contributed by atoms with E-state index < -0.39 is 0 Å². The molecule has 22 heavy (non-hydrogen) atoms. The van der Waals surface area contributed by atoms with E-state index in [0.717, 1.165) is 12.0 Å². The van der Waals surface area contributed by atoms with Crippen molar-refractivity contribution in [3.05, 3.63) is 71.8 Å². The van der Waals surface area contributed by atoms with Crippen LogP contribution in [0.3, 0.4) is 0 Å². The quantitative estimate of drug-likeness (QED) is 0.867. The molecule has 1 aliphatic heterocycles. The second-order valence-corrected chi connectivity index (χ2v) is 5.60. The van der Waals surface area contributed by atoms with Crippen LogP contribution in [0.4, 0.5) is 0 Å². The monoisotopic (exact) mass is 295 g/mol. The second-order valence-electron chi connectivity index (χ2n) is 5.60. The first-order valence-corrected chi connectivity index (χ1v) is 7.81. The number of benzene rings is 2. The molecule has 3 nitrogen and oxygen atoms in total. The van der Waals surface area contributed by atoms with E-state index in [0.29, 0.717) is 26.1 Å². The first kappa shape index (κ1) is 14.8. The van der Waals surface area contributed by atoms with Crippen LogP contribution in [0, 0.1) is 0 Å². The first-order valence-electron chi connectivity index (χ1n) is 7.81. The molecule has 1 atom stereocenters. The maximum absolute atomic E-state index is 12.4. The van der Waals surface area contributed by atoms with Gasteiger partial charge in [-0.15, -0.1) is 0 Å². The Labute approximate surface area is 131 Å². The second kappa shape index (κ2) is 7.23. The van der Waals surface area contributed by atoms with Gasteiger partial charge in [0.05, 0.1) is 13.2 Å². The molecule has 1 unspecified atom stereocenters. The van der Waals surface area contributed by atoms with E-state index in [2.05, 4.69) is 24.3 Å². The predicted molar refractivity (Wildman–Crippen MR) is 86.5 cm³/mol. The topological polar surface area (TPSA) is 29.5 Å². The highest BCUT2D eigenvalue weighted by Crippen LogP contribution is 2.22. The zero-order valence-electron chi connectivity index (χ0n) is 12.7. The van der Waals surface area contributed by atoms with Crippen molar-refractivity contribution < 1.29 is 9.53 Å². The molecule has 0 aliphatic carbocycles. The minimum Gasteiger partial charge on any atom is -0.370 e.